The number of hydrogen-bond acceptors (Lipinski definition) is 4. The van der Waals surface area contributed by atoms with Gasteiger partial charge >= 0.3 is 0 Å². The second-order valence-corrected chi connectivity index (χ2v) is 11.9. The smallest absolute Gasteiger partial charge is 0.234 e. The molecule has 5 atom stereocenters. The fourth-order valence-electron chi connectivity index (χ4n) is 5.42. The number of amides is 1. The molecule has 8 heteroatoms. The lowest BCUT2D eigenvalue weighted by atomic mass is 9.63. The Bertz CT molecular complexity index is 989. The van der Waals surface area contributed by atoms with Crippen molar-refractivity contribution in [1.82, 2.24) is 9.62 Å². The molecule has 1 saturated heterocycles. The molecule has 1 amide bonds. The van der Waals surface area contributed by atoms with Crippen LogP contribution in [-0.2, 0) is 14.8 Å². The number of allylic oxidation sites excluding steroid dienone is 1. The topological polar surface area (TPSA) is 86.7 Å². The summed E-state index contributed by atoms with van der Waals surface area (Å²) < 4.78 is 28.1. The van der Waals surface area contributed by atoms with Gasteiger partial charge in [0.2, 0.25) is 15.9 Å². The number of aliphatic hydroxyl groups excluding tert-OH is 1. The fraction of sp³-hybridized carbons (Fsp3) is 0.609. The fourth-order valence-corrected chi connectivity index (χ4v) is 7.17. The van der Waals surface area contributed by atoms with Gasteiger partial charge in [0, 0.05) is 23.5 Å². The molecule has 170 valence electrons. The first-order valence-corrected chi connectivity index (χ1v) is 13.0. The number of hydrogen-bond donors (Lipinski definition) is 2. The first-order valence-electron chi connectivity index (χ1n) is 11.1. The highest BCUT2D eigenvalue weighted by Gasteiger charge is 2.55. The normalized spacial score (nSPS) is 30.6. The van der Waals surface area contributed by atoms with E-state index in [0.717, 1.165) is 5.56 Å². The maximum absolute atomic E-state index is 13.9. The quantitative estimate of drug-likeness (QED) is 0.626. The van der Waals surface area contributed by atoms with Crippen molar-refractivity contribution < 1.29 is 18.3 Å². The lowest BCUT2D eigenvalue weighted by Gasteiger charge is -2.54. The summed E-state index contributed by atoms with van der Waals surface area (Å²) in [6.07, 6.45) is 4.68. The van der Waals surface area contributed by atoms with Crippen LogP contribution in [0.15, 0.2) is 36.1 Å². The van der Waals surface area contributed by atoms with Crippen LogP contribution >= 0.6 is 11.6 Å². The zero-order chi connectivity index (χ0) is 22.6. The van der Waals surface area contributed by atoms with E-state index in [1.54, 1.807) is 6.08 Å². The molecule has 1 aliphatic heterocycles. The Kier molecular flexibility index (Phi) is 5.90. The third kappa shape index (κ3) is 4.12. The summed E-state index contributed by atoms with van der Waals surface area (Å²) in [7, 11) is -3.39. The summed E-state index contributed by atoms with van der Waals surface area (Å²) in [5, 5.41) is 10.2. The van der Waals surface area contributed by atoms with Crippen molar-refractivity contribution in [2.24, 2.45) is 11.3 Å². The molecule has 4 rings (SSSR count). The summed E-state index contributed by atoms with van der Waals surface area (Å²) in [4.78, 5) is 15.7. The second-order valence-electron chi connectivity index (χ2n) is 9.49. The van der Waals surface area contributed by atoms with Crippen molar-refractivity contribution in [2.45, 2.75) is 76.3 Å². The highest BCUT2D eigenvalue weighted by atomic mass is 35.5. The van der Waals surface area contributed by atoms with Crippen LogP contribution in [0.1, 0.15) is 64.5 Å². The molecule has 0 radical (unpaired) electrons. The number of halogens is 1. The monoisotopic (exact) mass is 466 g/mol. The predicted octanol–water partition coefficient (Wildman–Crippen LogP) is 4.33. The van der Waals surface area contributed by atoms with E-state index in [-0.39, 0.29) is 34.9 Å². The Morgan fingerprint density at radius 3 is 2.42 bits per heavy atom. The molecule has 6 nitrogen and oxygen atoms in total. The maximum Gasteiger partial charge on any atom is 0.234 e. The van der Waals surface area contributed by atoms with Crippen LogP contribution in [0.2, 0.25) is 5.02 Å². The molecule has 0 bridgehead atoms. The van der Waals surface area contributed by atoms with E-state index >= 15 is 0 Å². The van der Waals surface area contributed by atoms with Crippen molar-refractivity contribution in [3.63, 3.8) is 0 Å². The number of piperidine rings is 1. The van der Waals surface area contributed by atoms with E-state index in [4.69, 9.17) is 11.6 Å². The van der Waals surface area contributed by atoms with Gasteiger partial charge in [0.15, 0.2) is 0 Å². The molecule has 2 fully saturated rings. The second kappa shape index (κ2) is 8.09. The minimum Gasteiger partial charge on any atom is -0.513 e. The average Bonchev–Trinajstić information content (AvgIpc) is 3.51. The molecule has 2 aliphatic carbocycles. The van der Waals surface area contributed by atoms with Crippen LogP contribution in [0.5, 0.6) is 0 Å². The number of benzene rings is 1. The molecule has 1 aromatic rings. The number of carbonyl (C=O) groups is 1. The van der Waals surface area contributed by atoms with Gasteiger partial charge in [-0.25, -0.2) is 13.1 Å². The lowest BCUT2D eigenvalue weighted by molar-refractivity contribution is -0.157. The van der Waals surface area contributed by atoms with E-state index in [1.165, 1.54) is 0 Å². The van der Waals surface area contributed by atoms with Gasteiger partial charge in [0.25, 0.3) is 0 Å². The Hall–Kier alpha value is -1.57. The first kappa shape index (κ1) is 22.6. The Morgan fingerprint density at radius 2 is 1.90 bits per heavy atom. The zero-order valence-electron chi connectivity index (χ0n) is 18.2. The van der Waals surface area contributed by atoms with Crippen LogP contribution in [0.4, 0.5) is 0 Å². The lowest BCUT2D eigenvalue weighted by Crippen LogP contribution is -2.62. The van der Waals surface area contributed by atoms with Crippen molar-refractivity contribution in [3.8, 4) is 0 Å². The summed E-state index contributed by atoms with van der Waals surface area (Å²) in [6, 6.07) is 6.62. The molecule has 3 aliphatic rings. The summed E-state index contributed by atoms with van der Waals surface area (Å²) >= 11 is 6.10. The SMILES string of the molecule is CC[C@@H](C(C)NS(=O)(=O)C1CC1)N1C(=O)[C@]2(C=C(O)C2)C[C@H](C)[C@H]1c1ccc(Cl)cc1. The summed E-state index contributed by atoms with van der Waals surface area (Å²) in [6.45, 7) is 5.95. The molecule has 31 heavy (non-hydrogen) atoms. The minimum atomic E-state index is -3.39. The zero-order valence-corrected chi connectivity index (χ0v) is 19.8. The number of nitrogens with one attached hydrogen (secondary N) is 1. The summed E-state index contributed by atoms with van der Waals surface area (Å²) in [5.41, 5.74) is 0.290. The Morgan fingerprint density at radius 1 is 1.29 bits per heavy atom. The van der Waals surface area contributed by atoms with Gasteiger partial charge in [0.05, 0.1) is 22.5 Å². The maximum atomic E-state index is 13.9. The number of nitrogens with zero attached hydrogens (tertiary/aromatic N) is 1. The molecule has 0 aromatic heterocycles. The number of aliphatic hydroxyl groups is 1. The van der Waals surface area contributed by atoms with Crippen molar-refractivity contribution >= 4 is 27.5 Å². The van der Waals surface area contributed by atoms with E-state index in [0.29, 0.717) is 37.1 Å². The molecular formula is C23H31ClN2O4S. The molecule has 1 unspecified atom stereocenters. The number of sulfonamides is 1. The molecule has 1 spiro atoms. The van der Waals surface area contributed by atoms with Gasteiger partial charge in [-0.05, 0) is 62.3 Å². The third-order valence-electron chi connectivity index (χ3n) is 7.00. The molecular weight excluding hydrogens is 436 g/mol. The number of rotatable bonds is 7. The largest absolute Gasteiger partial charge is 0.513 e. The Labute approximate surface area is 189 Å². The molecule has 1 aromatic carbocycles. The van der Waals surface area contributed by atoms with Gasteiger partial charge in [-0.1, -0.05) is 37.6 Å². The van der Waals surface area contributed by atoms with Crippen molar-refractivity contribution in [3.05, 3.63) is 46.7 Å². The third-order valence-corrected chi connectivity index (χ3v) is 9.30. The highest BCUT2D eigenvalue weighted by Crippen LogP contribution is 2.53. The van der Waals surface area contributed by atoms with Crippen LogP contribution in [0.25, 0.3) is 0 Å². The number of carbonyl (C=O) groups excluding carboxylic acids is 1. The molecule has 2 N–H and O–H groups in total. The standard InChI is InChI=1S/C23H31ClN2O4S/c1-4-20(15(3)25-31(29,30)19-9-10-19)26-21(16-5-7-17(24)8-6-16)14(2)11-23(22(26)28)12-18(27)13-23/h5-8,12,14-15,19-21,25,27H,4,9-11,13H2,1-3H3/t14-,15?,20-,21-,23-/m0/s1. The van der Waals surface area contributed by atoms with Gasteiger partial charge in [-0.15, -0.1) is 0 Å². The Balaban J connectivity index is 1.71. The van der Waals surface area contributed by atoms with Crippen molar-refractivity contribution in [1.29, 1.82) is 0 Å². The summed E-state index contributed by atoms with van der Waals surface area (Å²) in [5.74, 6) is 0.346. The van der Waals surface area contributed by atoms with Gasteiger partial charge < -0.3 is 10.0 Å². The average molecular weight is 467 g/mol. The van der Waals surface area contributed by atoms with Crippen LogP contribution in [0, 0.1) is 11.3 Å². The first-order chi connectivity index (χ1) is 14.6. The van der Waals surface area contributed by atoms with Gasteiger partial charge in [0.1, 0.15) is 0 Å². The number of likely N-dealkylation sites (tertiary alicyclic amines) is 1. The van der Waals surface area contributed by atoms with Crippen molar-refractivity contribution in [2.75, 3.05) is 0 Å². The minimum absolute atomic E-state index is 0.0346. The molecule has 1 saturated carbocycles. The van der Waals surface area contributed by atoms with Gasteiger partial charge in [-0.2, -0.15) is 0 Å². The van der Waals surface area contributed by atoms with E-state index < -0.39 is 21.5 Å². The molecule has 1 heterocycles. The van der Waals surface area contributed by atoms with Gasteiger partial charge in [-0.3, -0.25) is 4.79 Å². The van der Waals surface area contributed by atoms with Crippen LogP contribution < -0.4 is 4.72 Å². The predicted molar refractivity (Wildman–Crippen MR) is 121 cm³/mol. The van der Waals surface area contributed by atoms with E-state index in [1.807, 2.05) is 43.0 Å². The highest BCUT2D eigenvalue weighted by molar-refractivity contribution is 7.90. The van der Waals surface area contributed by atoms with E-state index in [2.05, 4.69) is 11.6 Å². The van der Waals surface area contributed by atoms with E-state index in [9.17, 15) is 18.3 Å². The van der Waals surface area contributed by atoms with Crippen LogP contribution in [0.3, 0.4) is 0 Å². The van der Waals surface area contributed by atoms with Crippen LogP contribution in [-0.4, -0.2) is 41.7 Å².